The molecule has 8 nitrogen and oxygen atoms in total. The number of fused-ring (bicyclic) bond motifs is 1. The molecule has 1 aliphatic rings. The van der Waals surface area contributed by atoms with Crippen LogP contribution in [0.4, 0.5) is 10.8 Å². The van der Waals surface area contributed by atoms with Crippen LogP contribution in [0.15, 0.2) is 71.6 Å². The SMILES string of the molecule is Cc1ccc(S(=O)(=O)Nc2ccccc2C(=O)NCCN2CCN(c3nc4ccc(Cl)cc4s3)CC2)cc1.Cl. The molecule has 0 spiro atoms. The van der Waals surface area contributed by atoms with Gasteiger partial charge in [0, 0.05) is 44.3 Å². The van der Waals surface area contributed by atoms with Gasteiger partial charge in [0.25, 0.3) is 15.9 Å². The molecule has 1 aliphatic heterocycles. The Balaban J connectivity index is 0.00000353. The first kappa shape index (κ1) is 29.1. The van der Waals surface area contributed by atoms with Crippen LogP contribution in [0, 0.1) is 6.92 Å². The van der Waals surface area contributed by atoms with Crippen LogP contribution in [0.2, 0.25) is 5.02 Å². The number of aryl methyl sites for hydroxylation is 1. The van der Waals surface area contributed by atoms with Gasteiger partial charge in [-0.3, -0.25) is 14.4 Å². The van der Waals surface area contributed by atoms with Crippen molar-refractivity contribution < 1.29 is 13.2 Å². The molecule has 1 amide bonds. The highest BCUT2D eigenvalue weighted by atomic mass is 35.5. The molecule has 0 unspecified atom stereocenters. The lowest BCUT2D eigenvalue weighted by Gasteiger charge is -2.34. The second-order valence-corrected chi connectivity index (χ2v) is 12.3. The molecule has 0 atom stereocenters. The first-order valence-electron chi connectivity index (χ1n) is 12.3. The van der Waals surface area contributed by atoms with Crippen LogP contribution in [0.25, 0.3) is 10.2 Å². The van der Waals surface area contributed by atoms with Gasteiger partial charge in [-0.1, -0.05) is 52.8 Å². The zero-order valence-corrected chi connectivity index (χ0v) is 24.5. The summed E-state index contributed by atoms with van der Waals surface area (Å²) in [5.74, 6) is -0.320. The maximum absolute atomic E-state index is 12.9. The number of halogens is 2. The molecule has 2 N–H and O–H groups in total. The van der Waals surface area contributed by atoms with Crippen LogP contribution < -0.4 is 14.9 Å². The van der Waals surface area contributed by atoms with Crippen molar-refractivity contribution in [1.29, 1.82) is 0 Å². The van der Waals surface area contributed by atoms with Crippen LogP contribution in [0.3, 0.4) is 0 Å². The number of sulfonamides is 1. The van der Waals surface area contributed by atoms with Crippen molar-refractivity contribution in [1.82, 2.24) is 15.2 Å². The molecule has 5 rings (SSSR count). The van der Waals surface area contributed by atoms with Gasteiger partial charge in [0.2, 0.25) is 0 Å². The van der Waals surface area contributed by atoms with Gasteiger partial charge in [0.05, 0.1) is 26.4 Å². The third kappa shape index (κ3) is 7.01. The quantitative estimate of drug-likeness (QED) is 0.292. The highest BCUT2D eigenvalue weighted by molar-refractivity contribution is 7.92. The number of rotatable bonds is 8. The molecule has 2 heterocycles. The van der Waals surface area contributed by atoms with E-state index in [9.17, 15) is 13.2 Å². The molecule has 12 heteroatoms. The zero-order chi connectivity index (χ0) is 26.7. The number of hydrogen-bond acceptors (Lipinski definition) is 7. The Morgan fingerprint density at radius 1 is 1.03 bits per heavy atom. The summed E-state index contributed by atoms with van der Waals surface area (Å²) in [6, 6.07) is 18.9. The second kappa shape index (κ2) is 12.5. The van der Waals surface area contributed by atoms with Gasteiger partial charge in [-0.25, -0.2) is 13.4 Å². The van der Waals surface area contributed by atoms with Crippen LogP contribution in [0.1, 0.15) is 15.9 Å². The third-order valence-electron chi connectivity index (χ3n) is 6.44. The van der Waals surface area contributed by atoms with E-state index in [4.69, 9.17) is 16.6 Å². The van der Waals surface area contributed by atoms with Crippen molar-refractivity contribution in [3.63, 3.8) is 0 Å². The Labute approximate surface area is 243 Å². The van der Waals surface area contributed by atoms with Gasteiger partial charge >= 0.3 is 0 Å². The van der Waals surface area contributed by atoms with Crippen molar-refractivity contribution in [2.24, 2.45) is 0 Å². The molecule has 4 aromatic rings. The topological polar surface area (TPSA) is 94.6 Å². The molecule has 0 bridgehead atoms. The Kier molecular flexibility index (Phi) is 9.35. The molecule has 0 radical (unpaired) electrons. The normalized spacial score (nSPS) is 14.2. The zero-order valence-electron chi connectivity index (χ0n) is 21.3. The van der Waals surface area contributed by atoms with E-state index in [-0.39, 0.29) is 34.5 Å². The van der Waals surface area contributed by atoms with E-state index >= 15 is 0 Å². The lowest BCUT2D eigenvalue weighted by molar-refractivity contribution is 0.0948. The van der Waals surface area contributed by atoms with E-state index in [1.807, 2.05) is 25.1 Å². The third-order valence-corrected chi connectivity index (χ3v) is 9.14. The number of carbonyl (C=O) groups is 1. The first-order chi connectivity index (χ1) is 18.3. The van der Waals surface area contributed by atoms with Crippen LogP contribution in [-0.4, -0.2) is 63.5 Å². The van der Waals surface area contributed by atoms with E-state index in [1.165, 1.54) is 0 Å². The van der Waals surface area contributed by atoms with Gasteiger partial charge in [-0.05, 0) is 49.4 Å². The minimum absolute atomic E-state index is 0. The number of carbonyl (C=O) groups excluding carboxylic acids is 1. The van der Waals surface area contributed by atoms with E-state index in [0.717, 1.165) is 47.1 Å². The molecule has 0 saturated carbocycles. The Morgan fingerprint density at radius 3 is 2.49 bits per heavy atom. The fourth-order valence-electron chi connectivity index (χ4n) is 4.30. The predicted octanol–water partition coefficient (Wildman–Crippen LogP) is 5.03. The number of anilines is 2. The lowest BCUT2D eigenvalue weighted by atomic mass is 10.1. The lowest BCUT2D eigenvalue weighted by Crippen LogP contribution is -2.48. The summed E-state index contributed by atoms with van der Waals surface area (Å²) in [7, 11) is -3.82. The Hall–Kier alpha value is -2.89. The van der Waals surface area contributed by atoms with E-state index in [1.54, 1.807) is 59.9 Å². The average Bonchev–Trinajstić information content (AvgIpc) is 3.32. The number of thiazole rings is 1. The average molecular weight is 607 g/mol. The highest BCUT2D eigenvalue weighted by Gasteiger charge is 2.21. The molecular formula is C27H29Cl2N5O3S2. The Bertz CT molecular complexity index is 1550. The fourth-order valence-corrected chi connectivity index (χ4v) is 6.67. The number of amides is 1. The molecule has 3 aromatic carbocycles. The predicted molar refractivity (Wildman–Crippen MR) is 161 cm³/mol. The smallest absolute Gasteiger partial charge is 0.261 e. The summed E-state index contributed by atoms with van der Waals surface area (Å²) in [5, 5.41) is 4.65. The monoisotopic (exact) mass is 605 g/mol. The van der Waals surface area contributed by atoms with Gasteiger partial charge in [-0.15, -0.1) is 12.4 Å². The number of hydrogen-bond donors (Lipinski definition) is 2. The largest absolute Gasteiger partial charge is 0.351 e. The molecule has 1 fully saturated rings. The van der Waals surface area contributed by atoms with Crippen molar-refractivity contribution in [2.75, 3.05) is 48.9 Å². The van der Waals surface area contributed by atoms with Crippen molar-refractivity contribution in [2.45, 2.75) is 11.8 Å². The van der Waals surface area contributed by atoms with Crippen molar-refractivity contribution in [3.8, 4) is 0 Å². The summed E-state index contributed by atoms with van der Waals surface area (Å²) < 4.78 is 29.3. The van der Waals surface area contributed by atoms with Crippen LogP contribution in [-0.2, 0) is 10.0 Å². The maximum atomic E-state index is 12.9. The number of para-hydroxylation sites is 1. The number of piperazine rings is 1. The standard InChI is InChI=1S/C27H28ClN5O3S2.ClH/c1-19-6-9-21(10-7-19)38(35,36)31-23-5-3-2-4-22(23)26(34)29-12-13-32-14-16-33(17-15-32)27-30-24-11-8-20(28)18-25(24)37-27;/h2-11,18,31H,12-17H2,1H3,(H,29,34);1H. The summed E-state index contributed by atoms with van der Waals surface area (Å²) in [4.78, 5) is 22.4. The summed E-state index contributed by atoms with van der Waals surface area (Å²) in [5.41, 5.74) is 2.45. The first-order valence-corrected chi connectivity index (χ1v) is 15.0. The molecule has 39 heavy (non-hydrogen) atoms. The van der Waals surface area contributed by atoms with E-state index in [0.29, 0.717) is 18.1 Å². The van der Waals surface area contributed by atoms with E-state index < -0.39 is 10.0 Å². The molecule has 1 aromatic heterocycles. The minimum atomic E-state index is -3.82. The number of benzene rings is 3. The maximum Gasteiger partial charge on any atom is 0.261 e. The van der Waals surface area contributed by atoms with Gasteiger partial charge in [-0.2, -0.15) is 0 Å². The summed E-state index contributed by atoms with van der Waals surface area (Å²) >= 11 is 7.76. The number of nitrogens with one attached hydrogen (secondary N) is 2. The van der Waals surface area contributed by atoms with Gasteiger partial charge in [0.15, 0.2) is 5.13 Å². The minimum Gasteiger partial charge on any atom is -0.351 e. The van der Waals surface area contributed by atoms with Gasteiger partial charge < -0.3 is 10.2 Å². The summed E-state index contributed by atoms with van der Waals surface area (Å²) in [6.07, 6.45) is 0. The van der Waals surface area contributed by atoms with E-state index in [2.05, 4.69) is 19.8 Å². The van der Waals surface area contributed by atoms with Crippen molar-refractivity contribution in [3.05, 3.63) is 82.9 Å². The van der Waals surface area contributed by atoms with Crippen LogP contribution >= 0.6 is 35.3 Å². The number of nitrogens with zero attached hydrogens (tertiary/aromatic N) is 3. The number of aromatic nitrogens is 1. The Morgan fingerprint density at radius 2 is 1.74 bits per heavy atom. The summed E-state index contributed by atoms with van der Waals surface area (Å²) in [6.45, 7) is 6.47. The molecule has 1 saturated heterocycles. The molecular weight excluding hydrogens is 577 g/mol. The fraction of sp³-hybridized carbons (Fsp3) is 0.259. The molecule has 0 aliphatic carbocycles. The highest BCUT2D eigenvalue weighted by Crippen LogP contribution is 2.31. The van der Waals surface area contributed by atoms with Crippen LogP contribution in [0.5, 0.6) is 0 Å². The second-order valence-electron chi connectivity index (χ2n) is 9.16. The molecule has 206 valence electrons. The van der Waals surface area contributed by atoms with Crippen molar-refractivity contribution >= 4 is 72.3 Å². The van der Waals surface area contributed by atoms with Gasteiger partial charge in [0.1, 0.15) is 0 Å².